The van der Waals surface area contributed by atoms with Gasteiger partial charge in [-0.15, -0.1) is 0 Å². The second kappa shape index (κ2) is 10.9. The predicted octanol–water partition coefficient (Wildman–Crippen LogP) is 5.02. The molecule has 5 rings (SSSR count). The van der Waals surface area contributed by atoms with Gasteiger partial charge in [-0.25, -0.2) is 4.98 Å². The van der Waals surface area contributed by atoms with E-state index in [9.17, 15) is 9.59 Å². The average molecular weight is 563 g/mol. The topological polar surface area (TPSA) is 83.6 Å². The minimum absolute atomic E-state index is 0.0501. The zero-order valence-electron chi connectivity index (χ0n) is 21.0. The number of hydrogen-bond donors (Lipinski definition) is 2. The Kier molecular flexibility index (Phi) is 7.46. The van der Waals surface area contributed by atoms with Crippen LogP contribution in [0.5, 0.6) is 5.75 Å². The number of piperidine rings is 1. The number of carbonyl (C=O) groups is 2. The third kappa shape index (κ3) is 5.49. The Balaban J connectivity index is 1.19. The van der Waals surface area contributed by atoms with Crippen LogP contribution in [0.4, 0.5) is 5.82 Å². The van der Waals surface area contributed by atoms with Crippen LogP contribution in [0.1, 0.15) is 57.5 Å². The van der Waals surface area contributed by atoms with Crippen LogP contribution in [-0.2, 0) is 6.54 Å². The van der Waals surface area contributed by atoms with Crippen LogP contribution in [0.15, 0.2) is 65.3 Å². The molecular formula is C29H31BrN4O3. The molecular weight excluding hydrogens is 532 g/mol. The normalized spacial score (nSPS) is 20.4. The second-order valence-electron chi connectivity index (χ2n) is 9.78. The summed E-state index contributed by atoms with van der Waals surface area (Å²) in [6.45, 7) is 2.38. The Morgan fingerprint density at radius 3 is 2.41 bits per heavy atom. The molecule has 2 N–H and O–H groups in total. The third-order valence-electron chi connectivity index (χ3n) is 7.46. The van der Waals surface area contributed by atoms with Gasteiger partial charge in [0.2, 0.25) is 0 Å². The lowest BCUT2D eigenvalue weighted by atomic mass is 9.96. The van der Waals surface area contributed by atoms with E-state index in [-0.39, 0.29) is 17.9 Å². The van der Waals surface area contributed by atoms with Crippen LogP contribution in [-0.4, -0.2) is 42.0 Å². The van der Waals surface area contributed by atoms with Gasteiger partial charge in [0, 0.05) is 46.5 Å². The summed E-state index contributed by atoms with van der Waals surface area (Å²) in [6, 6.07) is 18.0. The van der Waals surface area contributed by atoms with Crippen molar-refractivity contribution in [2.75, 3.05) is 12.0 Å². The highest BCUT2D eigenvalue weighted by atomic mass is 79.9. The van der Waals surface area contributed by atoms with Crippen molar-refractivity contribution in [2.45, 2.75) is 57.3 Å². The van der Waals surface area contributed by atoms with E-state index in [0.717, 1.165) is 52.9 Å². The fourth-order valence-electron chi connectivity index (χ4n) is 5.57. The fourth-order valence-corrected chi connectivity index (χ4v) is 5.84. The molecule has 192 valence electrons. The fraction of sp³-hybridized carbons (Fsp3) is 0.345. The van der Waals surface area contributed by atoms with Crippen LogP contribution < -0.4 is 20.3 Å². The van der Waals surface area contributed by atoms with Gasteiger partial charge in [0.1, 0.15) is 11.6 Å². The lowest BCUT2D eigenvalue weighted by Crippen LogP contribution is -2.50. The summed E-state index contributed by atoms with van der Waals surface area (Å²) in [4.78, 5) is 32.7. The number of anilines is 1. The summed E-state index contributed by atoms with van der Waals surface area (Å²) in [7, 11) is 1.62. The maximum Gasteiger partial charge on any atom is 0.253 e. The molecule has 2 amide bonds. The van der Waals surface area contributed by atoms with Gasteiger partial charge in [-0.05, 0) is 74.6 Å². The standard InChI is InChI=1S/C29H31BrN4O3/c1-18-25(4-3-5-26(18)37-2)29(36)33-22-14-23-11-12-24(15-22)34(23)27-13-8-20(17-31-27)28(35)32-16-19-6-9-21(30)10-7-19/h3-10,13,17,22-24H,11-12,14-16H2,1-2H3,(H,32,35)(H,33,36)/t22-,23+,24-. The molecule has 3 heterocycles. The van der Waals surface area contributed by atoms with E-state index < -0.39 is 0 Å². The molecule has 0 radical (unpaired) electrons. The summed E-state index contributed by atoms with van der Waals surface area (Å²) in [5, 5.41) is 6.21. The maximum absolute atomic E-state index is 13.0. The molecule has 0 spiro atoms. The molecule has 1 aromatic heterocycles. The SMILES string of the molecule is COc1cccc(C(=O)N[C@H]2C[C@H]3CC[C@@H](C2)N3c2ccc(C(=O)NCc3ccc(Br)cc3)cn2)c1C. The van der Waals surface area contributed by atoms with E-state index in [1.165, 1.54) is 0 Å². The van der Waals surface area contributed by atoms with Gasteiger partial charge in [0.15, 0.2) is 0 Å². The van der Waals surface area contributed by atoms with Crippen LogP contribution in [0, 0.1) is 6.92 Å². The Labute approximate surface area is 225 Å². The number of nitrogens with zero attached hydrogens (tertiary/aromatic N) is 2. The number of ether oxygens (including phenoxy) is 1. The van der Waals surface area contributed by atoms with E-state index in [2.05, 4.69) is 36.4 Å². The Morgan fingerprint density at radius 2 is 1.76 bits per heavy atom. The number of benzene rings is 2. The number of carbonyl (C=O) groups excluding carboxylic acids is 2. The Hall–Kier alpha value is -3.39. The summed E-state index contributed by atoms with van der Waals surface area (Å²) in [5.41, 5.74) is 3.09. The number of hydrogen-bond acceptors (Lipinski definition) is 5. The highest BCUT2D eigenvalue weighted by Crippen LogP contribution is 2.38. The van der Waals surface area contributed by atoms with E-state index in [0.29, 0.717) is 29.8 Å². The van der Waals surface area contributed by atoms with Crippen molar-refractivity contribution in [3.8, 4) is 5.75 Å². The number of fused-ring (bicyclic) bond motifs is 2. The number of amides is 2. The first-order valence-corrected chi connectivity index (χ1v) is 13.4. The molecule has 3 atom stereocenters. The minimum Gasteiger partial charge on any atom is -0.496 e. The number of aromatic nitrogens is 1. The first kappa shape index (κ1) is 25.3. The number of pyridine rings is 1. The molecule has 8 heteroatoms. The maximum atomic E-state index is 13.0. The number of halogens is 1. The smallest absolute Gasteiger partial charge is 0.253 e. The molecule has 2 bridgehead atoms. The van der Waals surface area contributed by atoms with Crippen molar-refractivity contribution in [3.05, 3.63) is 87.5 Å². The molecule has 2 fully saturated rings. The van der Waals surface area contributed by atoms with Gasteiger partial charge in [0.25, 0.3) is 11.8 Å². The lowest BCUT2D eigenvalue weighted by Gasteiger charge is -2.40. The number of rotatable bonds is 7. The highest BCUT2D eigenvalue weighted by molar-refractivity contribution is 9.10. The van der Waals surface area contributed by atoms with E-state index in [1.54, 1.807) is 13.3 Å². The van der Waals surface area contributed by atoms with Crippen LogP contribution >= 0.6 is 15.9 Å². The van der Waals surface area contributed by atoms with E-state index in [4.69, 9.17) is 4.74 Å². The molecule has 0 unspecified atom stereocenters. The number of methoxy groups -OCH3 is 1. The van der Waals surface area contributed by atoms with Gasteiger partial charge in [-0.2, -0.15) is 0 Å². The van der Waals surface area contributed by atoms with Gasteiger partial charge in [-0.3, -0.25) is 9.59 Å². The third-order valence-corrected chi connectivity index (χ3v) is 7.99. The molecule has 0 saturated carbocycles. The summed E-state index contributed by atoms with van der Waals surface area (Å²) < 4.78 is 6.38. The summed E-state index contributed by atoms with van der Waals surface area (Å²) in [6.07, 6.45) is 5.56. The summed E-state index contributed by atoms with van der Waals surface area (Å²) >= 11 is 3.42. The molecule has 3 aromatic rings. The predicted molar refractivity (Wildman–Crippen MR) is 147 cm³/mol. The zero-order valence-corrected chi connectivity index (χ0v) is 22.6. The molecule has 0 aliphatic carbocycles. The highest BCUT2D eigenvalue weighted by Gasteiger charge is 2.42. The van der Waals surface area contributed by atoms with Crippen molar-refractivity contribution < 1.29 is 14.3 Å². The van der Waals surface area contributed by atoms with E-state index in [1.807, 2.05) is 61.5 Å². The van der Waals surface area contributed by atoms with Gasteiger partial charge < -0.3 is 20.3 Å². The van der Waals surface area contributed by atoms with Gasteiger partial charge in [-0.1, -0.05) is 34.1 Å². The largest absolute Gasteiger partial charge is 0.496 e. The molecule has 2 aliphatic rings. The van der Waals surface area contributed by atoms with Crippen molar-refractivity contribution >= 4 is 33.6 Å². The Bertz CT molecular complexity index is 1270. The zero-order chi connectivity index (χ0) is 25.9. The first-order chi connectivity index (χ1) is 17.9. The Morgan fingerprint density at radius 1 is 1.03 bits per heavy atom. The molecule has 2 saturated heterocycles. The van der Waals surface area contributed by atoms with E-state index >= 15 is 0 Å². The minimum atomic E-state index is -0.140. The van der Waals surface area contributed by atoms with Crippen molar-refractivity contribution in [1.29, 1.82) is 0 Å². The summed E-state index contributed by atoms with van der Waals surface area (Å²) in [5.74, 6) is 1.43. The number of nitrogens with one attached hydrogen (secondary N) is 2. The van der Waals surface area contributed by atoms with Gasteiger partial charge in [0.05, 0.1) is 12.7 Å². The van der Waals surface area contributed by atoms with Crippen LogP contribution in [0.2, 0.25) is 0 Å². The van der Waals surface area contributed by atoms with Crippen LogP contribution in [0.3, 0.4) is 0 Å². The van der Waals surface area contributed by atoms with Crippen molar-refractivity contribution in [3.63, 3.8) is 0 Å². The molecule has 2 aliphatic heterocycles. The second-order valence-corrected chi connectivity index (χ2v) is 10.7. The molecule has 37 heavy (non-hydrogen) atoms. The molecule has 7 nitrogen and oxygen atoms in total. The van der Waals surface area contributed by atoms with Crippen molar-refractivity contribution in [1.82, 2.24) is 15.6 Å². The first-order valence-electron chi connectivity index (χ1n) is 12.6. The monoisotopic (exact) mass is 562 g/mol. The lowest BCUT2D eigenvalue weighted by molar-refractivity contribution is 0.0923. The molecule has 2 aromatic carbocycles. The quantitative estimate of drug-likeness (QED) is 0.422. The average Bonchev–Trinajstić information content (AvgIpc) is 3.18. The van der Waals surface area contributed by atoms with Gasteiger partial charge >= 0.3 is 0 Å². The van der Waals surface area contributed by atoms with Crippen molar-refractivity contribution in [2.24, 2.45) is 0 Å². The van der Waals surface area contributed by atoms with Crippen LogP contribution in [0.25, 0.3) is 0 Å².